The van der Waals surface area contributed by atoms with Crippen LogP contribution in [0.15, 0.2) is 29.1 Å². The molecule has 24 heavy (non-hydrogen) atoms. The monoisotopic (exact) mass is 350 g/mol. The molecule has 0 radical (unpaired) electrons. The standard InChI is InChI=1S/C17H22N2O4S/c1-17(2,16(21)22-3)15-14(20)12-7-5-6-8-13(12)19(18-15)11-23-9-10-24-4/h5-8H,9-11H2,1-4H3. The Morgan fingerprint density at radius 3 is 2.71 bits per heavy atom. The molecule has 0 fully saturated rings. The van der Waals surface area contributed by atoms with Gasteiger partial charge in [-0.2, -0.15) is 16.9 Å². The Morgan fingerprint density at radius 1 is 1.33 bits per heavy atom. The van der Waals surface area contributed by atoms with E-state index < -0.39 is 11.4 Å². The summed E-state index contributed by atoms with van der Waals surface area (Å²) in [5.41, 5.74) is -0.574. The first kappa shape index (κ1) is 18.5. The molecular weight excluding hydrogens is 328 g/mol. The summed E-state index contributed by atoms with van der Waals surface area (Å²) in [4.78, 5) is 24.9. The first-order valence-corrected chi connectivity index (χ1v) is 8.98. The van der Waals surface area contributed by atoms with E-state index in [9.17, 15) is 9.59 Å². The molecule has 0 atom stereocenters. The van der Waals surface area contributed by atoms with Gasteiger partial charge in [-0.05, 0) is 32.2 Å². The average Bonchev–Trinajstić information content (AvgIpc) is 2.59. The van der Waals surface area contributed by atoms with Gasteiger partial charge >= 0.3 is 5.97 Å². The van der Waals surface area contributed by atoms with Crippen molar-refractivity contribution in [3.05, 3.63) is 40.2 Å². The third kappa shape index (κ3) is 3.62. The maximum absolute atomic E-state index is 12.8. The normalized spacial score (nSPS) is 11.7. The zero-order valence-corrected chi connectivity index (χ0v) is 15.2. The summed E-state index contributed by atoms with van der Waals surface area (Å²) in [5, 5.41) is 4.92. The number of esters is 1. The Kier molecular flexibility index (Phi) is 6.01. The van der Waals surface area contributed by atoms with E-state index in [2.05, 4.69) is 5.10 Å². The van der Waals surface area contributed by atoms with Gasteiger partial charge in [-0.1, -0.05) is 12.1 Å². The zero-order valence-electron chi connectivity index (χ0n) is 14.4. The summed E-state index contributed by atoms with van der Waals surface area (Å²) in [7, 11) is 1.30. The van der Waals surface area contributed by atoms with Crippen LogP contribution >= 0.6 is 11.8 Å². The van der Waals surface area contributed by atoms with Gasteiger partial charge in [0.05, 0.1) is 19.2 Å². The number of hydrogen-bond donors (Lipinski definition) is 0. The van der Waals surface area contributed by atoms with Crippen molar-refractivity contribution < 1.29 is 14.3 Å². The molecule has 0 unspecified atom stereocenters. The number of para-hydroxylation sites is 1. The van der Waals surface area contributed by atoms with Crippen LogP contribution in [-0.2, 0) is 26.4 Å². The van der Waals surface area contributed by atoms with Gasteiger partial charge in [-0.15, -0.1) is 0 Å². The number of rotatable bonds is 7. The van der Waals surface area contributed by atoms with Crippen LogP contribution in [0.4, 0.5) is 0 Å². The Balaban J connectivity index is 2.55. The second kappa shape index (κ2) is 7.81. The number of hydrogen-bond acceptors (Lipinski definition) is 6. The van der Waals surface area contributed by atoms with Crippen LogP contribution in [0, 0.1) is 0 Å². The molecule has 0 saturated carbocycles. The van der Waals surface area contributed by atoms with Gasteiger partial charge in [0.2, 0.25) is 5.43 Å². The van der Waals surface area contributed by atoms with Crippen molar-refractivity contribution in [2.45, 2.75) is 26.0 Å². The van der Waals surface area contributed by atoms with E-state index in [0.717, 1.165) is 5.75 Å². The van der Waals surface area contributed by atoms with Gasteiger partial charge in [-0.25, -0.2) is 4.68 Å². The van der Waals surface area contributed by atoms with Crippen LogP contribution in [-0.4, -0.2) is 41.5 Å². The lowest BCUT2D eigenvalue weighted by atomic mass is 9.88. The van der Waals surface area contributed by atoms with E-state index in [1.807, 2.05) is 18.4 Å². The van der Waals surface area contributed by atoms with Crippen LogP contribution in [0.25, 0.3) is 10.9 Å². The Hall–Kier alpha value is -1.86. The van der Waals surface area contributed by atoms with Crippen LogP contribution in [0.1, 0.15) is 19.5 Å². The van der Waals surface area contributed by atoms with Crippen LogP contribution < -0.4 is 5.43 Å². The quantitative estimate of drug-likeness (QED) is 0.563. The summed E-state index contributed by atoms with van der Waals surface area (Å²) in [6, 6.07) is 7.18. The number of aromatic nitrogens is 2. The van der Waals surface area contributed by atoms with Crippen LogP contribution in [0.3, 0.4) is 0 Å². The van der Waals surface area contributed by atoms with Crippen LogP contribution in [0.5, 0.6) is 0 Å². The van der Waals surface area contributed by atoms with Crippen molar-refractivity contribution in [1.29, 1.82) is 0 Å². The molecule has 7 heteroatoms. The molecule has 0 aliphatic carbocycles. The number of carbonyl (C=O) groups excluding carboxylic acids is 1. The van der Waals surface area contributed by atoms with E-state index in [1.54, 1.807) is 42.4 Å². The third-order valence-electron chi connectivity index (χ3n) is 3.80. The van der Waals surface area contributed by atoms with Crippen molar-refractivity contribution in [2.24, 2.45) is 0 Å². The molecule has 2 aromatic rings. The molecule has 1 heterocycles. The molecule has 0 N–H and O–H groups in total. The molecule has 0 aliphatic rings. The van der Waals surface area contributed by atoms with Crippen molar-refractivity contribution in [2.75, 3.05) is 25.7 Å². The van der Waals surface area contributed by atoms with Crippen LogP contribution in [0.2, 0.25) is 0 Å². The fraction of sp³-hybridized carbons (Fsp3) is 0.471. The number of thioether (sulfide) groups is 1. The maximum atomic E-state index is 12.8. The van der Waals surface area contributed by atoms with E-state index in [0.29, 0.717) is 17.5 Å². The van der Waals surface area contributed by atoms with Gasteiger partial charge < -0.3 is 9.47 Å². The molecule has 2 rings (SSSR count). The Bertz CT molecular complexity index is 786. The lowest BCUT2D eigenvalue weighted by Gasteiger charge is -2.22. The number of ether oxygens (including phenoxy) is 2. The fourth-order valence-electron chi connectivity index (χ4n) is 2.39. The molecular formula is C17H22N2O4S. The second-order valence-electron chi connectivity index (χ2n) is 5.84. The highest BCUT2D eigenvalue weighted by atomic mass is 32.2. The minimum atomic E-state index is -1.14. The van der Waals surface area contributed by atoms with E-state index >= 15 is 0 Å². The minimum absolute atomic E-state index is 0.154. The maximum Gasteiger partial charge on any atom is 0.317 e. The molecule has 1 aromatic carbocycles. The van der Waals surface area contributed by atoms with Gasteiger partial charge in [-0.3, -0.25) is 9.59 Å². The summed E-state index contributed by atoms with van der Waals surface area (Å²) in [6.07, 6.45) is 2.01. The smallest absolute Gasteiger partial charge is 0.317 e. The van der Waals surface area contributed by atoms with Crippen molar-refractivity contribution in [3.8, 4) is 0 Å². The summed E-state index contributed by atoms with van der Waals surface area (Å²) < 4.78 is 12.1. The lowest BCUT2D eigenvalue weighted by molar-refractivity contribution is -0.146. The molecule has 130 valence electrons. The van der Waals surface area contributed by atoms with Crippen molar-refractivity contribution in [3.63, 3.8) is 0 Å². The number of carbonyl (C=O) groups is 1. The molecule has 0 amide bonds. The Labute approximate surface area is 145 Å². The molecule has 1 aromatic heterocycles. The van der Waals surface area contributed by atoms with Crippen molar-refractivity contribution in [1.82, 2.24) is 9.78 Å². The van der Waals surface area contributed by atoms with Crippen molar-refractivity contribution >= 4 is 28.6 Å². The number of benzene rings is 1. The highest BCUT2D eigenvalue weighted by Gasteiger charge is 2.36. The molecule has 0 bridgehead atoms. The predicted octanol–water partition coefficient (Wildman–Crippen LogP) is 2.18. The van der Waals surface area contributed by atoms with E-state index in [-0.39, 0.29) is 17.9 Å². The molecule has 6 nitrogen and oxygen atoms in total. The Morgan fingerprint density at radius 2 is 2.04 bits per heavy atom. The topological polar surface area (TPSA) is 70.4 Å². The molecule has 0 spiro atoms. The predicted molar refractivity (Wildman–Crippen MR) is 95.4 cm³/mol. The third-order valence-corrected chi connectivity index (χ3v) is 4.37. The summed E-state index contributed by atoms with van der Waals surface area (Å²) in [5.74, 6) is 0.371. The van der Waals surface area contributed by atoms with E-state index in [4.69, 9.17) is 9.47 Å². The van der Waals surface area contributed by atoms with E-state index in [1.165, 1.54) is 7.11 Å². The number of fused-ring (bicyclic) bond motifs is 1. The van der Waals surface area contributed by atoms with Gasteiger partial charge in [0.15, 0.2) is 0 Å². The number of methoxy groups -OCH3 is 1. The van der Waals surface area contributed by atoms with Gasteiger partial charge in [0.25, 0.3) is 0 Å². The first-order valence-electron chi connectivity index (χ1n) is 7.59. The minimum Gasteiger partial charge on any atom is -0.468 e. The lowest BCUT2D eigenvalue weighted by Crippen LogP contribution is -2.38. The number of nitrogens with zero attached hydrogens (tertiary/aromatic N) is 2. The second-order valence-corrected chi connectivity index (χ2v) is 6.83. The first-order chi connectivity index (χ1) is 11.4. The molecule has 0 saturated heterocycles. The largest absolute Gasteiger partial charge is 0.468 e. The highest BCUT2D eigenvalue weighted by molar-refractivity contribution is 7.98. The summed E-state index contributed by atoms with van der Waals surface area (Å²) in [6.45, 7) is 4.07. The zero-order chi connectivity index (χ0) is 17.7. The summed E-state index contributed by atoms with van der Waals surface area (Å²) >= 11 is 1.69. The molecule has 0 aliphatic heterocycles. The SMILES string of the molecule is COC(=O)C(C)(C)c1nn(COCCSC)c2ccccc2c1=O. The average molecular weight is 350 g/mol. The van der Waals surface area contributed by atoms with Gasteiger partial charge in [0.1, 0.15) is 17.8 Å². The highest BCUT2D eigenvalue weighted by Crippen LogP contribution is 2.22. The van der Waals surface area contributed by atoms with Gasteiger partial charge in [0, 0.05) is 11.1 Å². The fourth-order valence-corrected chi connectivity index (χ4v) is 2.68.